The van der Waals surface area contributed by atoms with Crippen LogP contribution in [0.1, 0.15) is 18.2 Å². The summed E-state index contributed by atoms with van der Waals surface area (Å²) in [6, 6.07) is 3.95. The van der Waals surface area contributed by atoms with Crippen LogP contribution in [0.2, 0.25) is 0 Å². The fourth-order valence-corrected chi connectivity index (χ4v) is 0.835. The van der Waals surface area contributed by atoms with Crippen LogP contribution in [-0.4, -0.2) is 4.98 Å². The van der Waals surface area contributed by atoms with E-state index in [2.05, 4.69) is 16.7 Å². The molecule has 0 aliphatic rings. The van der Waals surface area contributed by atoms with Crippen LogP contribution in [0.25, 0.3) is 0 Å². The van der Waals surface area contributed by atoms with Gasteiger partial charge in [0.05, 0.1) is 5.69 Å². The summed E-state index contributed by atoms with van der Waals surface area (Å²) in [6.45, 7) is 2.47. The molecule has 11 heavy (non-hydrogen) atoms. The van der Waals surface area contributed by atoms with Crippen LogP contribution in [-0.2, 0) is 17.9 Å². The van der Waals surface area contributed by atoms with Crippen LogP contribution >= 0.6 is 0 Å². The van der Waals surface area contributed by atoms with Crippen LogP contribution in [0.15, 0.2) is 18.3 Å². The predicted molar refractivity (Wildman–Crippen MR) is 42.6 cm³/mol. The highest BCUT2D eigenvalue weighted by Crippen LogP contribution is 2.00. The number of aromatic nitrogens is 1. The van der Waals surface area contributed by atoms with Crippen molar-refractivity contribution in [2.24, 2.45) is 5.90 Å². The molecule has 0 atom stereocenters. The molecule has 0 radical (unpaired) electrons. The molecular weight excluding hydrogens is 140 g/mol. The number of rotatable bonds is 3. The Labute approximate surface area is 66.2 Å². The maximum Gasteiger partial charge on any atom is 0.110 e. The summed E-state index contributed by atoms with van der Waals surface area (Å²) in [5.41, 5.74) is 2.09. The third kappa shape index (κ3) is 2.29. The van der Waals surface area contributed by atoms with Gasteiger partial charge in [0.15, 0.2) is 0 Å². The fourth-order valence-electron chi connectivity index (χ4n) is 0.835. The number of hydrogen-bond acceptors (Lipinski definition) is 3. The summed E-state index contributed by atoms with van der Waals surface area (Å²) in [6.07, 6.45) is 2.85. The van der Waals surface area contributed by atoms with Crippen molar-refractivity contribution < 1.29 is 4.84 Å². The zero-order valence-corrected chi connectivity index (χ0v) is 6.58. The molecule has 2 N–H and O–H groups in total. The zero-order valence-electron chi connectivity index (χ0n) is 6.58. The average molecular weight is 152 g/mol. The summed E-state index contributed by atoms with van der Waals surface area (Å²) >= 11 is 0. The van der Waals surface area contributed by atoms with Gasteiger partial charge >= 0.3 is 0 Å². The summed E-state index contributed by atoms with van der Waals surface area (Å²) < 4.78 is 0. The molecule has 1 aromatic rings. The maximum absolute atomic E-state index is 4.89. The molecule has 0 unspecified atom stereocenters. The first-order valence-corrected chi connectivity index (χ1v) is 3.62. The van der Waals surface area contributed by atoms with Gasteiger partial charge in [0.25, 0.3) is 0 Å². The molecule has 0 saturated carbocycles. The molecule has 0 bridgehead atoms. The Morgan fingerprint density at radius 3 is 2.82 bits per heavy atom. The van der Waals surface area contributed by atoms with E-state index in [9.17, 15) is 0 Å². The Morgan fingerprint density at radius 2 is 2.36 bits per heavy atom. The molecule has 60 valence electrons. The highest BCUT2D eigenvalue weighted by atomic mass is 16.6. The molecule has 0 saturated heterocycles. The number of aryl methyl sites for hydroxylation is 1. The maximum atomic E-state index is 4.89. The van der Waals surface area contributed by atoms with Crippen molar-refractivity contribution in [3.05, 3.63) is 29.6 Å². The van der Waals surface area contributed by atoms with E-state index in [4.69, 9.17) is 5.90 Å². The summed E-state index contributed by atoms with van der Waals surface area (Å²) in [4.78, 5) is 8.57. The highest BCUT2D eigenvalue weighted by molar-refractivity contribution is 5.13. The van der Waals surface area contributed by atoms with Gasteiger partial charge in [-0.1, -0.05) is 13.0 Å². The molecule has 0 aromatic carbocycles. The van der Waals surface area contributed by atoms with E-state index in [0.29, 0.717) is 6.61 Å². The van der Waals surface area contributed by atoms with E-state index in [1.165, 1.54) is 5.56 Å². The van der Waals surface area contributed by atoms with Crippen molar-refractivity contribution >= 4 is 0 Å². The fraction of sp³-hybridized carbons (Fsp3) is 0.375. The first-order chi connectivity index (χ1) is 5.36. The number of hydrogen-bond donors (Lipinski definition) is 1. The van der Waals surface area contributed by atoms with Gasteiger partial charge in [0, 0.05) is 6.20 Å². The van der Waals surface area contributed by atoms with Crippen LogP contribution in [0.4, 0.5) is 0 Å². The molecule has 0 fully saturated rings. The SMILES string of the molecule is CCc1ccc(CON)nc1. The van der Waals surface area contributed by atoms with Crippen LogP contribution in [0, 0.1) is 0 Å². The van der Waals surface area contributed by atoms with Crippen molar-refractivity contribution in [3.8, 4) is 0 Å². The molecule has 1 heterocycles. The van der Waals surface area contributed by atoms with Crippen molar-refractivity contribution in [1.29, 1.82) is 0 Å². The Balaban J connectivity index is 2.66. The van der Waals surface area contributed by atoms with Gasteiger partial charge in [-0.05, 0) is 18.1 Å². The first kappa shape index (κ1) is 8.17. The second kappa shape index (κ2) is 4.05. The topological polar surface area (TPSA) is 48.1 Å². The van der Waals surface area contributed by atoms with Crippen molar-refractivity contribution in [1.82, 2.24) is 4.98 Å². The second-order valence-electron chi connectivity index (χ2n) is 2.32. The number of nitrogens with zero attached hydrogens (tertiary/aromatic N) is 1. The lowest BCUT2D eigenvalue weighted by Crippen LogP contribution is -2.00. The molecule has 0 aliphatic heterocycles. The van der Waals surface area contributed by atoms with Gasteiger partial charge in [-0.25, -0.2) is 5.90 Å². The van der Waals surface area contributed by atoms with Gasteiger partial charge in [0.2, 0.25) is 0 Å². The van der Waals surface area contributed by atoms with Crippen LogP contribution in [0.3, 0.4) is 0 Å². The Morgan fingerprint density at radius 1 is 1.55 bits per heavy atom. The third-order valence-electron chi connectivity index (χ3n) is 1.53. The summed E-state index contributed by atoms with van der Waals surface area (Å²) in [5, 5.41) is 0. The number of pyridine rings is 1. The molecule has 0 aliphatic carbocycles. The van der Waals surface area contributed by atoms with Gasteiger partial charge in [0.1, 0.15) is 6.61 Å². The lowest BCUT2D eigenvalue weighted by Gasteiger charge is -1.98. The molecule has 1 rings (SSSR count). The van der Waals surface area contributed by atoms with Gasteiger partial charge in [-0.15, -0.1) is 0 Å². The monoisotopic (exact) mass is 152 g/mol. The van der Waals surface area contributed by atoms with Gasteiger partial charge < -0.3 is 0 Å². The minimum atomic E-state index is 0.379. The largest absolute Gasteiger partial charge is 0.298 e. The Kier molecular flexibility index (Phi) is 3.01. The van der Waals surface area contributed by atoms with E-state index in [-0.39, 0.29) is 0 Å². The second-order valence-corrected chi connectivity index (χ2v) is 2.32. The standard InChI is InChI=1S/C8H12N2O/c1-2-7-3-4-8(6-11-9)10-5-7/h3-5H,2,6,9H2,1H3. The molecule has 3 nitrogen and oxygen atoms in total. The molecule has 1 aromatic heterocycles. The molecule has 0 spiro atoms. The highest BCUT2D eigenvalue weighted by Gasteiger charge is 1.92. The minimum Gasteiger partial charge on any atom is -0.298 e. The minimum absolute atomic E-state index is 0.379. The Hall–Kier alpha value is -0.930. The van der Waals surface area contributed by atoms with E-state index in [1.54, 1.807) is 0 Å². The quantitative estimate of drug-likeness (QED) is 0.658. The van der Waals surface area contributed by atoms with Crippen LogP contribution < -0.4 is 5.90 Å². The molecule has 3 heteroatoms. The van der Waals surface area contributed by atoms with E-state index < -0.39 is 0 Å². The van der Waals surface area contributed by atoms with Crippen molar-refractivity contribution in [3.63, 3.8) is 0 Å². The lowest BCUT2D eigenvalue weighted by molar-refractivity contribution is 0.121. The molecular formula is C8H12N2O. The van der Waals surface area contributed by atoms with Crippen molar-refractivity contribution in [2.75, 3.05) is 0 Å². The van der Waals surface area contributed by atoms with Gasteiger partial charge in [-0.3, -0.25) is 9.82 Å². The predicted octanol–water partition coefficient (Wildman–Crippen LogP) is 1.03. The first-order valence-electron chi connectivity index (χ1n) is 3.62. The normalized spacial score (nSPS) is 10.0. The number of nitrogens with two attached hydrogens (primary N) is 1. The van der Waals surface area contributed by atoms with E-state index >= 15 is 0 Å². The summed E-state index contributed by atoms with van der Waals surface area (Å²) in [5.74, 6) is 4.89. The van der Waals surface area contributed by atoms with E-state index in [1.807, 2.05) is 18.3 Å². The molecule has 0 amide bonds. The van der Waals surface area contributed by atoms with Gasteiger partial charge in [-0.2, -0.15) is 0 Å². The zero-order chi connectivity index (χ0) is 8.10. The lowest BCUT2D eigenvalue weighted by atomic mass is 10.2. The Bertz CT molecular complexity index is 208. The third-order valence-corrected chi connectivity index (χ3v) is 1.53. The smallest absolute Gasteiger partial charge is 0.110 e. The van der Waals surface area contributed by atoms with Crippen LogP contribution in [0.5, 0.6) is 0 Å². The average Bonchev–Trinajstić information content (AvgIpc) is 2.07. The van der Waals surface area contributed by atoms with Crippen molar-refractivity contribution in [2.45, 2.75) is 20.0 Å². The summed E-state index contributed by atoms with van der Waals surface area (Å²) in [7, 11) is 0. The van der Waals surface area contributed by atoms with E-state index in [0.717, 1.165) is 12.1 Å².